The Balaban J connectivity index is 1.30. The van der Waals surface area contributed by atoms with Gasteiger partial charge in [0, 0.05) is 12.6 Å². The average molecular weight is 453 g/mol. The van der Waals surface area contributed by atoms with Crippen LogP contribution in [0.25, 0.3) is 10.7 Å². The smallest absolute Gasteiger partial charge is 0.230 e. The highest BCUT2D eigenvalue weighted by Crippen LogP contribution is 2.53. The first kappa shape index (κ1) is 20.8. The van der Waals surface area contributed by atoms with Crippen molar-refractivity contribution in [3.8, 4) is 10.7 Å². The molecule has 0 spiro atoms. The van der Waals surface area contributed by atoms with Crippen LogP contribution in [-0.2, 0) is 11.3 Å². The van der Waals surface area contributed by atoms with Gasteiger partial charge in [-0.05, 0) is 60.9 Å². The van der Waals surface area contributed by atoms with E-state index < -0.39 is 0 Å². The van der Waals surface area contributed by atoms with E-state index in [-0.39, 0.29) is 5.91 Å². The fourth-order valence-electron chi connectivity index (χ4n) is 5.37. The van der Waals surface area contributed by atoms with E-state index in [4.69, 9.17) is 0 Å². The lowest BCUT2D eigenvalue weighted by molar-refractivity contribution is -0.118. The molecule has 7 heteroatoms. The van der Waals surface area contributed by atoms with Crippen molar-refractivity contribution in [1.29, 1.82) is 0 Å². The average Bonchev–Trinajstić information content (AvgIpc) is 3.59. The summed E-state index contributed by atoms with van der Waals surface area (Å²) in [5.74, 6) is 3.72. The summed E-state index contributed by atoms with van der Waals surface area (Å²) in [4.78, 5) is 13.6. The zero-order chi connectivity index (χ0) is 21.2. The first-order valence-electron chi connectivity index (χ1n) is 11.1. The Morgan fingerprint density at radius 3 is 2.77 bits per heavy atom. The lowest BCUT2D eigenvalue weighted by Gasteiger charge is -2.30. The summed E-state index contributed by atoms with van der Waals surface area (Å²) in [5.41, 5.74) is 1.11. The quantitative estimate of drug-likeness (QED) is 0.464. The highest BCUT2D eigenvalue weighted by Gasteiger charge is 2.43. The van der Waals surface area contributed by atoms with E-state index in [1.165, 1.54) is 37.4 Å². The van der Waals surface area contributed by atoms with Crippen LogP contribution in [0.2, 0.25) is 0 Å². The van der Waals surface area contributed by atoms with E-state index in [1.54, 1.807) is 11.3 Å². The highest BCUT2D eigenvalue weighted by molar-refractivity contribution is 7.99. The van der Waals surface area contributed by atoms with Crippen molar-refractivity contribution >= 4 is 29.0 Å². The molecule has 2 saturated carbocycles. The largest absolute Gasteiger partial charge is 0.351 e. The number of carbonyl (C=O) groups is 1. The van der Waals surface area contributed by atoms with Crippen LogP contribution < -0.4 is 5.32 Å². The number of rotatable bonds is 8. The van der Waals surface area contributed by atoms with Gasteiger partial charge in [0.05, 0.1) is 10.6 Å². The van der Waals surface area contributed by atoms with Crippen molar-refractivity contribution in [3.05, 3.63) is 53.4 Å². The molecule has 2 fully saturated rings. The molecule has 2 aromatic heterocycles. The molecular formula is C24H28N4OS2. The van der Waals surface area contributed by atoms with E-state index in [9.17, 15) is 4.79 Å². The summed E-state index contributed by atoms with van der Waals surface area (Å²) in [6, 6.07) is 14.5. The third-order valence-corrected chi connectivity index (χ3v) is 8.70. The van der Waals surface area contributed by atoms with E-state index in [1.807, 2.05) is 30.3 Å². The number of carbonyl (C=O) groups excluding carboxylic acids is 1. The molecule has 4 unspecified atom stereocenters. The fraction of sp³-hybridized carbons (Fsp3) is 0.458. The lowest BCUT2D eigenvalue weighted by atomic mass is 9.84. The maximum atomic E-state index is 12.5. The number of hydrogen-bond donors (Lipinski definition) is 1. The van der Waals surface area contributed by atoms with Crippen molar-refractivity contribution in [3.63, 3.8) is 0 Å². The topological polar surface area (TPSA) is 59.8 Å². The van der Waals surface area contributed by atoms with Gasteiger partial charge in [-0.1, -0.05) is 54.6 Å². The van der Waals surface area contributed by atoms with Crippen molar-refractivity contribution < 1.29 is 4.79 Å². The molecule has 0 aliphatic heterocycles. The first-order valence-corrected chi connectivity index (χ1v) is 13.0. The van der Waals surface area contributed by atoms with Crippen molar-refractivity contribution in [1.82, 2.24) is 20.1 Å². The number of thioether (sulfide) groups is 1. The van der Waals surface area contributed by atoms with Crippen LogP contribution in [0.15, 0.2) is 53.0 Å². The number of thiophene rings is 1. The Morgan fingerprint density at radius 2 is 2.06 bits per heavy atom. The minimum absolute atomic E-state index is 0.0219. The van der Waals surface area contributed by atoms with Crippen LogP contribution in [0.1, 0.15) is 44.2 Å². The number of nitrogens with zero attached hydrogens (tertiary/aromatic N) is 3. The summed E-state index contributed by atoms with van der Waals surface area (Å²) in [7, 11) is 0. The molecule has 162 valence electrons. The molecule has 5 nitrogen and oxygen atoms in total. The van der Waals surface area contributed by atoms with Gasteiger partial charge in [-0.15, -0.1) is 21.5 Å². The van der Waals surface area contributed by atoms with Gasteiger partial charge in [0.15, 0.2) is 11.0 Å². The summed E-state index contributed by atoms with van der Waals surface area (Å²) >= 11 is 3.19. The predicted octanol–water partition coefficient (Wildman–Crippen LogP) is 5.41. The van der Waals surface area contributed by atoms with Gasteiger partial charge in [-0.3, -0.25) is 9.36 Å². The van der Waals surface area contributed by atoms with Crippen LogP contribution in [0.5, 0.6) is 0 Å². The summed E-state index contributed by atoms with van der Waals surface area (Å²) in [6.45, 7) is 2.88. The Bertz CT molecular complexity index is 1020. The molecule has 1 amide bonds. The first-order chi connectivity index (χ1) is 15.2. The SMILES string of the molecule is CC(C1CC2CCC1C2)n1c(SCC(=O)NCc2ccccc2)nnc1-c1cccs1. The second-order valence-electron chi connectivity index (χ2n) is 8.78. The monoisotopic (exact) mass is 452 g/mol. The van der Waals surface area contributed by atoms with Gasteiger partial charge in [0.2, 0.25) is 5.91 Å². The molecule has 0 radical (unpaired) electrons. The Kier molecular flexibility index (Phi) is 6.14. The van der Waals surface area contributed by atoms with Crippen LogP contribution >= 0.6 is 23.1 Å². The number of fused-ring (bicyclic) bond motifs is 2. The standard InChI is InChI=1S/C24H28N4OS2/c1-16(20-13-18-9-10-19(20)12-18)28-23(21-8-5-11-30-21)26-27-24(28)31-15-22(29)25-14-17-6-3-2-4-7-17/h2-8,11,16,18-20H,9-10,12-15H2,1H3,(H,25,29). The van der Waals surface area contributed by atoms with Gasteiger partial charge in [-0.2, -0.15) is 0 Å². The number of nitrogens with one attached hydrogen (secondary N) is 1. The molecule has 2 aliphatic carbocycles. The second kappa shape index (κ2) is 9.17. The van der Waals surface area contributed by atoms with Crippen molar-refractivity contribution in [2.24, 2.45) is 17.8 Å². The third kappa shape index (κ3) is 4.44. The second-order valence-corrected chi connectivity index (χ2v) is 10.7. The van der Waals surface area contributed by atoms with E-state index >= 15 is 0 Å². The number of amides is 1. The Morgan fingerprint density at radius 1 is 1.19 bits per heavy atom. The van der Waals surface area contributed by atoms with Crippen LogP contribution in [0, 0.1) is 17.8 Å². The Labute approximate surface area is 191 Å². The zero-order valence-corrected chi connectivity index (χ0v) is 19.4. The molecule has 2 aliphatic rings. The van der Waals surface area contributed by atoms with Crippen molar-refractivity contribution in [2.75, 3.05) is 5.75 Å². The fourth-order valence-corrected chi connectivity index (χ4v) is 6.93. The number of benzene rings is 1. The predicted molar refractivity (Wildman–Crippen MR) is 126 cm³/mol. The third-order valence-electron chi connectivity index (χ3n) is 6.89. The molecule has 2 heterocycles. The Hall–Kier alpha value is -2.12. The molecule has 0 saturated heterocycles. The van der Waals surface area contributed by atoms with Gasteiger partial charge in [0.1, 0.15) is 0 Å². The maximum absolute atomic E-state index is 12.5. The summed E-state index contributed by atoms with van der Waals surface area (Å²) < 4.78 is 2.31. The van der Waals surface area contributed by atoms with Gasteiger partial charge < -0.3 is 5.32 Å². The van der Waals surface area contributed by atoms with Crippen LogP contribution in [-0.4, -0.2) is 26.4 Å². The van der Waals surface area contributed by atoms with E-state index in [0.717, 1.165) is 33.3 Å². The minimum Gasteiger partial charge on any atom is -0.351 e. The summed E-state index contributed by atoms with van der Waals surface area (Å²) in [6.07, 6.45) is 5.46. The molecular weight excluding hydrogens is 424 g/mol. The van der Waals surface area contributed by atoms with Gasteiger partial charge >= 0.3 is 0 Å². The molecule has 1 aromatic carbocycles. The van der Waals surface area contributed by atoms with Gasteiger partial charge in [0.25, 0.3) is 0 Å². The van der Waals surface area contributed by atoms with Crippen LogP contribution in [0.3, 0.4) is 0 Å². The number of hydrogen-bond acceptors (Lipinski definition) is 5. The molecule has 3 aromatic rings. The molecule has 5 rings (SSSR count). The normalized spacial score (nSPS) is 23.2. The highest BCUT2D eigenvalue weighted by atomic mass is 32.2. The molecule has 1 N–H and O–H groups in total. The lowest BCUT2D eigenvalue weighted by Crippen LogP contribution is -2.25. The van der Waals surface area contributed by atoms with E-state index in [0.29, 0.717) is 24.3 Å². The van der Waals surface area contributed by atoms with Crippen molar-refractivity contribution in [2.45, 2.75) is 50.4 Å². The number of aromatic nitrogens is 3. The van der Waals surface area contributed by atoms with Gasteiger partial charge in [-0.25, -0.2) is 0 Å². The minimum atomic E-state index is 0.0219. The molecule has 31 heavy (non-hydrogen) atoms. The molecule has 2 bridgehead atoms. The molecule has 4 atom stereocenters. The summed E-state index contributed by atoms with van der Waals surface area (Å²) in [5, 5.41) is 15.0. The zero-order valence-electron chi connectivity index (χ0n) is 17.7. The van der Waals surface area contributed by atoms with E-state index in [2.05, 4.69) is 44.5 Å². The maximum Gasteiger partial charge on any atom is 0.230 e. The van der Waals surface area contributed by atoms with Crippen LogP contribution in [0.4, 0.5) is 0 Å².